The number of nitrogens with zero attached hydrogens (tertiary/aromatic N) is 10. The van der Waals surface area contributed by atoms with Crippen LogP contribution < -0.4 is 0 Å². The van der Waals surface area contributed by atoms with Gasteiger partial charge in [0.05, 0.1) is 24.5 Å². The van der Waals surface area contributed by atoms with E-state index < -0.39 is 0 Å². The Hall–Kier alpha value is -3.50. The van der Waals surface area contributed by atoms with Gasteiger partial charge in [0.2, 0.25) is 0 Å². The van der Waals surface area contributed by atoms with E-state index in [0.717, 1.165) is 68.7 Å². The van der Waals surface area contributed by atoms with Crippen LogP contribution in [0.3, 0.4) is 0 Å². The standard InChI is InChI=1S/C21H24N10/c1-3-8-18(9-4-1)30-20(22-24-26-30)16-28-12-7-13-29(15-14-28)17-21-23-25-27-31(21)19-10-5-2-6-11-19/h1-6,8-11H,7,12-17H2. The Balaban J connectivity index is 1.23. The zero-order valence-electron chi connectivity index (χ0n) is 17.2. The van der Waals surface area contributed by atoms with Gasteiger partial charge in [0.1, 0.15) is 0 Å². The molecule has 1 aliphatic rings. The lowest BCUT2D eigenvalue weighted by Gasteiger charge is -2.21. The first-order chi connectivity index (χ1) is 15.4. The van der Waals surface area contributed by atoms with Gasteiger partial charge in [0.25, 0.3) is 0 Å². The van der Waals surface area contributed by atoms with Gasteiger partial charge in [-0.25, -0.2) is 0 Å². The summed E-state index contributed by atoms with van der Waals surface area (Å²) in [5.41, 5.74) is 1.96. The van der Waals surface area contributed by atoms with E-state index in [1.54, 1.807) is 0 Å². The van der Waals surface area contributed by atoms with Crippen LogP contribution in [-0.4, -0.2) is 76.4 Å². The summed E-state index contributed by atoms with van der Waals surface area (Å²) in [6.45, 7) is 5.32. The van der Waals surface area contributed by atoms with E-state index in [4.69, 9.17) is 0 Å². The molecule has 10 nitrogen and oxygen atoms in total. The number of hydrogen-bond donors (Lipinski definition) is 0. The molecular weight excluding hydrogens is 392 g/mol. The second-order valence-corrected chi connectivity index (χ2v) is 7.59. The van der Waals surface area contributed by atoms with E-state index in [1.165, 1.54) is 0 Å². The molecule has 1 aliphatic heterocycles. The number of benzene rings is 2. The van der Waals surface area contributed by atoms with Crippen molar-refractivity contribution in [1.29, 1.82) is 0 Å². The van der Waals surface area contributed by atoms with Crippen LogP contribution in [0.4, 0.5) is 0 Å². The Morgan fingerprint density at radius 3 is 1.48 bits per heavy atom. The molecule has 2 aromatic carbocycles. The van der Waals surface area contributed by atoms with Crippen molar-refractivity contribution < 1.29 is 0 Å². The molecule has 0 unspecified atom stereocenters. The maximum Gasteiger partial charge on any atom is 0.170 e. The average molecular weight is 416 g/mol. The van der Waals surface area contributed by atoms with Gasteiger partial charge in [0.15, 0.2) is 11.6 Å². The van der Waals surface area contributed by atoms with Gasteiger partial charge in [-0.2, -0.15) is 9.36 Å². The van der Waals surface area contributed by atoms with E-state index in [1.807, 2.05) is 70.0 Å². The maximum absolute atomic E-state index is 4.26. The highest BCUT2D eigenvalue weighted by Crippen LogP contribution is 2.14. The lowest BCUT2D eigenvalue weighted by atomic mass is 10.3. The molecule has 0 N–H and O–H groups in total. The molecule has 0 radical (unpaired) electrons. The highest BCUT2D eigenvalue weighted by molar-refractivity contribution is 5.31. The third-order valence-corrected chi connectivity index (χ3v) is 5.48. The lowest BCUT2D eigenvalue weighted by Crippen LogP contribution is -2.31. The second-order valence-electron chi connectivity index (χ2n) is 7.59. The molecule has 1 fully saturated rings. The summed E-state index contributed by atoms with van der Waals surface area (Å²) in [6.07, 6.45) is 1.07. The number of tetrazole rings is 2. The molecular formula is C21H24N10. The topological polar surface area (TPSA) is 93.7 Å². The van der Waals surface area contributed by atoms with Crippen LogP contribution in [0.2, 0.25) is 0 Å². The molecule has 158 valence electrons. The first-order valence-electron chi connectivity index (χ1n) is 10.5. The minimum Gasteiger partial charge on any atom is -0.295 e. The number of para-hydroxylation sites is 2. The number of aromatic nitrogens is 8. The van der Waals surface area contributed by atoms with Gasteiger partial charge < -0.3 is 0 Å². The summed E-state index contributed by atoms with van der Waals surface area (Å²) in [5, 5.41) is 24.6. The Kier molecular flexibility index (Phi) is 5.72. The predicted molar refractivity (Wildman–Crippen MR) is 113 cm³/mol. The minimum absolute atomic E-state index is 0.720. The van der Waals surface area contributed by atoms with Crippen LogP contribution in [0.5, 0.6) is 0 Å². The van der Waals surface area contributed by atoms with Crippen LogP contribution in [0.25, 0.3) is 11.4 Å². The Bertz CT molecular complexity index is 1000. The van der Waals surface area contributed by atoms with E-state index in [0.29, 0.717) is 0 Å². The second kappa shape index (κ2) is 9.11. The normalized spacial score (nSPS) is 15.7. The molecule has 5 rings (SSSR count). The van der Waals surface area contributed by atoms with Crippen molar-refractivity contribution in [2.24, 2.45) is 0 Å². The number of rotatable bonds is 6. The predicted octanol–water partition coefficient (Wildman–Crippen LogP) is 1.35. The van der Waals surface area contributed by atoms with Crippen molar-refractivity contribution in [3.05, 3.63) is 72.3 Å². The van der Waals surface area contributed by atoms with Gasteiger partial charge in [0, 0.05) is 13.1 Å². The summed E-state index contributed by atoms with van der Waals surface area (Å²) in [7, 11) is 0. The summed E-state index contributed by atoms with van der Waals surface area (Å²) >= 11 is 0. The summed E-state index contributed by atoms with van der Waals surface area (Å²) < 4.78 is 3.63. The molecule has 2 aromatic heterocycles. The molecule has 31 heavy (non-hydrogen) atoms. The molecule has 10 heteroatoms. The van der Waals surface area contributed by atoms with Crippen LogP contribution in [0.1, 0.15) is 18.1 Å². The summed E-state index contributed by atoms with van der Waals surface area (Å²) in [4.78, 5) is 4.82. The molecule has 0 atom stereocenters. The third-order valence-electron chi connectivity index (χ3n) is 5.48. The minimum atomic E-state index is 0.720. The monoisotopic (exact) mass is 416 g/mol. The zero-order chi connectivity index (χ0) is 20.9. The molecule has 0 saturated carbocycles. The van der Waals surface area contributed by atoms with Crippen molar-refractivity contribution in [3.8, 4) is 11.4 Å². The average Bonchev–Trinajstić information content (AvgIpc) is 3.42. The van der Waals surface area contributed by atoms with E-state index in [-0.39, 0.29) is 0 Å². The quantitative estimate of drug-likeness (QED) is 0.465. The first-order valence-corrected chi connectivity index (χ1v) is 10.5. The van der Waals surface area contributed by atoms with Gasteiger partial charge in [-0.3, -0.25) is 9.80 Å². The van der Waals surface area contributed by atoms with Crippen LogP contribution in [0.15, 0.2) is 60.7 Å². The Labute approximate surface area is 180 Å². The molecule has 4 aromatic rings. The third kappa shape index (κ3) is 4.49. The van der Waals surface area contributed by atoms with E-state index in [2.05, 4.69) is 40.9 Å². The zero-order valence-corrected chi connectivity index (χ0v) is 17.2. The van der Waals surface area contributed by atoms with Crippen molar-refractivity contribution in [2.45, 2.75) is 19.5 Å². The molecule has 0 spiro atoms. The molecule has 1 saturated heterocycles. The van der Waals surface area contributed by atoms with E-state index in [9.17, 15) is 0 Å². The van der Waals surface area contributed by atoms with Gasteiger partial charge in [-0.15, -0.1) is 10.2 Å². The fraction of sp³-hybridized carbons (Fsp3) is 0.333. The molecule has 0 amide bonds. The highest BCUT2D eigenvalue weighted by atomic mass is 15.6. The van der Waals surface area contributed by atoms with Crippen molar-refractivity contribution in [1.82, 2.24) is 50.2 Å². The number of hydrogen-bond acceptors (Lipinski definition) is 8. The van der Waals surface area contributed by atoms with Crippen LogP contribution in [0, 0.1) is 0 Å². The summed E-state index contributed by atoms with van der Waals surface area (Å²) in [6, 6.07) is 20.0. The van der Waals surface area contributed by atoms with Gasteiger partial charge >= 0.3 is 0 Å². The largest absolute Gasteiger partial charge is 0.295 e. The van der Waals surface area contributed by atoms with Gasteiger partial charge in [-0.1, -0.05) is 36.4 Å². The highest BCUT2D eigenvalue weighted by Gasteiger charge is 2.20. The molecule has 3 heterocycles. The maximum atomic E-state index is 4.26. The lowest BCUT2D eigenvalue weighted by molar-refractivity contribution is 0.238. The van der Waals surface area contributed by atoms with E-state index >= 15 is 0 Å². The molecule has 0 aliphatic carbocycles. The fourth-order valence-electron chi connectivity index (χ4n) is 3.89. The first kappa shape index (κ1) is 19.5. The fourth-order valence-corrected chi connectivity index (χ4v) is 3.89. The van der Waals surface area contributed by atoms with Crippen molar-refractivity contribution >= 4 is 0 Å². The van der Waals surface area contributed by atoms with Crippen molar-refractivity contribution in [2.75, 3.05) is 26.2 Å². The SMILES string of the molecule is c1ccc(-n2nnnc2CN2CCCN(Cc3nnnn3-c3ccccc3)CC2)cc1. The Morgan fingerprint density at radius 2 is 1.03 bits per heavy atom. The summed E-state index contributed by atoms with van der Waals surface area (Å²) in [5.74, 6) is 1.71. The Morgan fingerprint density at radius 1 is 0.581 bits per heavy atom. The molecule has 0 bridgehead atoms. The smallest absolute Gasteiger partial charge is 0.170 e. The van der Waals surface area contributed by atoms with Crippen LogP contribution >= 0.6 is 0 Å². The van der Waals surface area contributed by atoms with Crippen LogP contribution in [-0.2, 0) is 13.1 Å². The van der Waals surface area contributed by atoms with Crippen molar-refractivity contribution in [3.63, 3.8) is 0 Å². The van der Waals surface area contributed by atoms with Gasteiger partial charge in [-0.05, 0) is 64.6 Å².